The predicted molar refractivity (Wildman–Crippen MR) is 103 cm³/mol. The minimum absolute atomic E-state index is 0.239. The van der Waals surface area contributed by atoms with E-state index in [2.05, 4.69) is 27.7 Å². The highest BCUT2D eigenvalue weighted by atomic mass is 127. The van der Waals surface area contributed by atoms with E-state index in [-0.39, 0.29) is 4.90 Å². The Balaban J connectivity index is 2.25. The number of hydrazone groups is 1. The van der Waals surface area contributed by atoms with Crippen LogP contribution in [-0.2, 0) is 10.0 Å². The van der Waals surface area contributed by atoms with Gasteiger partial charge in [0, 0.05) is 12.6 Å². The van der Waals surface area contributed by atoms with Crippen molar-refractivity contribution in [3.05, 3.63) is 44.3 Å². The first-order valence-electron chi connectivity index (χ1n) is 6.27. The van der Waals surface area contributed by atoms with Crippen molar-refractivity contribution in [2.45, 2.75) is 16.0 Å². The van der Waals surface area contributed by atoms with E-state index < -0.39 is 10.0 Å². The Morgan fingerprint density at radius 3 is 2.55 bits per heavy atom. The smallest absolute Gasteiger partial charge is 0.200 e. The topological polar surface area (TPSA) is 49.7 Å². The van der Waals surface area contributed by atoms with Crippen LogP contribution in [0.1, 0.15) is 11.1 Å². The molecule has 0 bridgehead atoms. The lowest BCUT2D eigenvalue weighted by Crippen LogP contribution is -2.21. The fourth-order valence-electron chi connectivity index (χ4n) is 1.68. The molecule has 1 aromatic carbocycles. The number of hydrogen-bond donors (Lipinski definition) is 0. The molecule has 8 heteroatoms. The van der Waals surface area contributed by atoms with Gasteiger partial charge < -0.3 is 0 Å². The highest BCUT2D eigenvalue weighted by Crippen LogP contribution is 2.30. The van der Waals surface area contributed by atoms with Crippen LogP contribution in [0, 0.1) is 9.81 Å². The molecular weight excluding hydrogens is 451 g/mol. The van der Waals surface area contributed by atoms with Crippen molar-refractivity contribution in [1.82, 2.24) is 4.41 Å². The Kier molecular flexibility index (Phi) is 5.92. The molecule has 0 N–H and O–H groups in total. The number of halogens is 1. The number of benzene rings is 1. The molecule has 1 heterocycles. The molecule has 118 valence electrons. The quantitative estimate of drug-likeness (QED) is 0.289. The summed E-state index contributed by atoms with van der Waals surface area (Å²) in [5, 5.41) is 4.10. The number of rotatable bonds is 5. The summed E-state index contributed by atoms with van der Waals surface area (Å²) in [6.07, 6.45) is 3.59. The van der Waals surface area contributed by atoms with Crippen molar-refractivity contribution in [2.75, 3.05) is 13.3 Å². The summed E-state index contributed by atoms with van der Waals surface area (Å²) in [7, 11) is -2.16. The van der Waals surface area contributed by atoms with E-state index >= 15 is 0 Å². The minimum atomic E-state index is -3.61. The number of sulfonamides is 1. The summed E-state index contributed by atoms with van der Waals surface area (Å²) in [6.45, 7) is 1.92. The first-order chi connectivity index (χ1) is 10.3. The second-order valence-corrected chi connectivity index (χ2v) is 10.5. The summed E-state index contributed by atoms with van der Waals surface area (Å²) in [5.74, 6) is 0. The Hall–Kier alpha value is -0.580. The molecule has 0 saturated carbocycles. The van der Waals surface area contributed by atoms with Crippen LogP contribution >= 0.6 is 45.7 Å². The first kappa shape index (κ1) is 17.8. The van der Waals surface area contributed by atoms with E-state index in [1.54, 1.807) is 53.6 Å². The third-order valence-corrected chi connectivity index (χ3v) is 7.63. The lowest BCUT2D eigenvalue weighted by molar-refractivity contribution is 0.491. The van der Waals surface area contributed by atoms with Crippen molar-refractivity contribution in [3.63, 3.8) is 0 Å². The van der Waals surface area contributed by atoms with Gasteiger partial charge in [-0.25, -0.2) is 0 Å². The third-order valence-electron chi connectivity index (χ3n) is 2.91. The molecule has 0 saturated heterocycles. The molecule has 0 radical (unpaired) electrons. The maximum atomic E-state index is 12.4. The molecule has 0 atom stereocenters. The Labute approximate surface area is 152 Å². The van der Waals surface area contributed by atoms with E-state index in [0.29, 0.717) is 0 Å². The highest BCUT2D eigenvalue weighted by Gasteiger charge is 2.19. The number of thiophene rings is 1. The molecule has 0 aliphatic heterocycles. The number of thioether (sulfide) groups is 1. The summed E-state index contributed by atoms with van der Waals surface area (Å²) in [6, 6.07) is 8.73. The molecular formula is C14H15IN2O2S3. The number of nitrogens with zero attached hydrogens (tertiary/aromatic N) is 2. The van der Waals surface area contributed by atoms with Gasteiger partial charge in [0.25, 0.3) is 10.0 Å². The van der Waals surface area contributed by atoms with E-state index in [1.165, 1.54) is 7.05 Å². The van der Waals surface area contributed by atoms with Crippen LogP contribution in [0.2, 0.25) is 0 Å². The highest BCUT2D eigenvalue weighted by molar-refractivity contribution is 14.1. The van der Waals surface area contributed by atoms with Gasteiger partial charge >= 0.3 is 0 Å². The summed E-state index contributed by atoms with van der Waals surface area (Å²) < 4.78 is 28.1. The van der Waals surface area contributed by atoms with Crippen molar-refractivity contribution >= 4 is 61.9 Å². The van der Waals surface area contributed by atoms with E-state index in [0.717, 1.165) is 22.6 Å². The molecule has 0 aliphatic carbocycles. The first-order valence-corrected chi connectivity index (χ1v) is 10.8. The van der Waals surface area contributed by atoms with Gasteiger partial charge in [0.05, 0.1) is 18.2 Å². The lowest BCUT2D eigenvalue weighted by Gasteiger charge is -2.13. The average Bonchev–Trinajstić information content (AvgIpc) is 2.85. The zero-order valence-corrected chi connectivity index (χ0v) is 16.9. The third kappa shape index (κ3) is 4.03. The number of hydrogen-bond acceptors (Lipinski definition) is 5. The van der Waals surface area contributed by atoms with E-state index in [4.69, 9.17) is 0 Å². The van der Waals surface area contributed by atoms with Crippen molar-refractivity contribution in [1.29, 1.82) is 0 Å². The van der Waals surface area contributed by atoms with Crippen LogP contribution < -0.4 is 0 Å². The lowest BCUT2D eigenvalue weighted by atomic mass is 10.2. The molecule has 0 aliphatic rings. The van der Waals surface area contributed by atoms with Crippen LogP contribution in [-0.4, -0.2) is 32.4 Å². The normalized spacial score (nSPS) is 12.0. The molecule has 0 fully saturated rings. The predicted octanol–water partition coefficient (Wildman–Crippen LogP) is 4.04. The zero-order valence-electron chi connectivity index (χ0n) is 12.3. The van der Waals surface area contributed by atoms with Crippen molar-refractivity contribution in [3.8, 4) is 0 Å². The van der Waals surface area contributed by atoms with Gasteiger partial charge in [-0.15, -0.1) is 23.1 Å². The van der Waals surface area contributed by atoms with Gasteiger partial charge in [-0.05, 0) is 54.0 Å². The molecule has 0 spiro atoms. The zero-order chi connectivity index (χ0) is 16.3. The second-order valence-electron chi connectivity index (χ2n) is 4.49. The van der Waals surface area contributed by atoms with Crippen LogP contribution in [0.3, 0.4) is 0 Å². The summed E-state index contributed by atoms with van der Waals surface area (Å²) in [4.78, 5) is 0.239. The Morgan fingerprint density at radius 2 is 1.95 bits per heavy atom. The molecule has 0 unspecified atom stereocenters. The molecule has 22 heavy (non-hydrogen) atoms. The van der Waals surface area contributed by atoms with Gasteiger partial charge in [0.2, 0.25) is 0 Å². The van der Waals surface area contributed by atoms with Gasteiger partial charge in [0.15, 0.2) is 0 Å². The summed E-state index contributed by atoms with van der Waals surface area (Å²) >= 11 is 5.54. The van der Waals surface area contributed by atoms with Crippen molar-refractivity contribution < 1.29 is 8.42 Å². The summed E-state index contributed by atoms with van der Waals surface area (Å²) in [5.41, 5.74) is 1.95. The maximum absolute atomic E-state index is 12.4. The molecule has 2 rings (SSSR count). The van der Waals surface area contributed by atoms with Crippen molar-refractivity contribution in [2.24, 2.45) is 5.10 Å². The van der Waals surface area contributed by atoms with Gasteiger partial charge in [-0.1, -0.05) is 17.7 Å². The van der Waals surface area contributed by atoms with E-state index in [1.807, 2.05) is 19.2 Å². The molecule has 1 aromatic heterocycles. The Bertz CT molecular complexity index is 783. The monoisotopic (exact) mass is 466 g/mol. The van der Waals surface area contributed by atoms with Crippen LogP contribution in [0.5, 0.6) is 0 Å². The van der Waals surface area contributed by atoms with E-state index in [9.17, 15) is 8.42 Å². The largest absolute Gasteiger partial charge is 0.278 e. The second kappa shape index (κ2) is 7.33. The minimum Gasteiger partial charge on any atom is -0.200 e. The maximum Gasteiger partial charge on any atom is 0.278 e. The molecule has 0 amide bonds. The average molecular weight is 466 g/mol. The van der Waals surface area contributed by atoms with Crippen LogP contribution in [0.15, 0.2) is 44.5 Å². The van der Waals surface area contributed by atoms with Gasteiger partial charge in [-0.2, -0.15) is 17.9 Å². The fourth-order valence-corrected chi connectivity index (χ4v) is 5.62. The standard InChI is InChI=1S/C14H15IN2O2S3/c1-10-4-6-12(7-5-10)22(18,19)17(2)16-9-11-8-13(15)21-14(11)20-3/h4-9H,1-3H3. The van der Waals surface area contributed by atoms with Crippen LogP contribution in [0.4, 0.5) is 0 Å². The molecule has 2 aromatic rings. The van der Waals surface area contributed by atoms with Crippen LogP contribution in [0.25, 0.3) is 0 Å². The SMILES string of the molecule is CSc1sc(I)cc1C=NN(C)S(=O)(=O)c1ccc(C)cc1. The fraction of sp³-hybridized carbons (Fsp3) is 0.214. The molecule has 4 nitrogen and oxygen atoms in total. The number of aryl methyl sites for hydroxylation is 1. The van der Waals surface area contributed by atoms with Gasteiger partial charge in [0.1, 0.15) is 0 Å². The Morgan fingerprint density at radius 1 is 1.32 bits per heavy atom. The van der Waals surface area contributed by atoms with Gasteiger partial charge in [-0.3, -0.25) is 0 Å².